The largest absolute Gasteiger partial charge is 0.285 e. The van der Waals surface area contributed by atoms with Gasteiger partial charge in [-0.05, 0) is 47.8 Å². The van der Waals surface area contributed by atoms with Crippen molar-refractivity contribution in [2.24, 2.45) is 16.8 Å². The van der Waals surface area contributed by atoms with Crippen LogP contribution < -0.4 is 10.4 Å². The number of hydrogen-bond acceptors (Lipinski definition) is 1. The van der Waals surface area contributed by atoms with E-state index in [-0.39, 0.29) is 0 Å². The van der Waals surface area contributed by atoms with Crippen molar-refractivity contribution in [3.8, 4) is 0 Å². The molecule has 1 aromatic carbocycles. The van der Waals surface area contributed by atoms with E-state index in [0.29, 0.717) is 11.8 Å². The van der Waals surface area contributed by atoms with Crippen LogP contribution in [-0.4, -0.2) is 12.3 Å². The SMILES string of the molecule is CCN=C1C=c2ccccc2=C(C(C)C)/C1=C(/C)C(C)C. The van der Waals surface area contributed by atoms with Crippen LogP contribution in [0.25, 0.3) is 11.6 Å². The Bertz CT molecular complexity index is 700. The summed E-state index contributed by atoms with van der Waals surface area (Å²) in [6.07, 6.45) is 2.26. The highest BCUT2D eigenvalue weighted by Gasteiger charge is 2.21. The minimum absolute atomic E-state index is 0.491. The molecule has 1 aliphatic rings. The monoisotopic (exact) mass is 281 g/mol. The van der Waals surface area contributed by atoms with Crippen molar-refractivity contribution in [3.05, 3.63) is 45.8 Å². The second-order valence-corrected chi connectivity index (χ2v) is 6.37. The molecule has 0 spiro atoms. The van der Waals surface area contributed by atoms with E-state index in [4.69, 9.17) is 4.99 Å². The first-order valence-corrected chi connectivity index (χ1v) is 8.04. The molecule has 0 bridgehead atoms. The minimum atomic E-state index is 0.491. The molecule has 0 aromatic heterocycles. The first kappa shape index (κ1) is 15.8. The fraction of sp³-hybridized carbons (Fsp3) is 0.450. The highest BCUT2D eigenvalue weighted by atomic mass is 14.7. The second kappa shape index (κ2) is 6.43. The van der Waals surface area contributed by atoms with Gasteiger partial charge >= 0.3 is 0 Å². The summed E-state index contributed by atoms with van der Waals surface area (Å²) in [5, 5.41) is 2.67. The summed E-state index contributed by atoms with van der Waals surface area (Å²) in [4.78, 5) is 4.78. The summed E-state index contributed by atoms with van der Waals surface area (Å²) in [7, 11) is 0. The van der Waals surface area contributed by atoms with E-state index >= 15 is 0 Å². The molecule has 0 fully saturated rings. The van der Waals surface area contributed by atoms with Crippen LogP contribution in [0.3, 0.4) is 0 Å². The molecule has 0 radical (unpaired) electrons. The number of aliphatic imine (C=N–C) groups is 1. The Morgan fingerprint density at radius 2 is 1.76 bits per heavy atom. The summed E-state index contributed by atoms with van der Waals surface area (Å²) >= 11 is 0. The first-order chi connectivity index (χ1) is 9.97. The molecule has 21 heavy (non-hydrogen) atoms. The number of nitrogens with zero attached hydrogens (tertiary/aromatic N) is 1. The number of benzene rings is 1. The molecule has 1 heteroatoms. The fourth-order valence-electron chi connectivity index (χ4n) is 2.96. The molecular formula is C20H27N. The predicted molar refractivity (Wildman–Crippen MR) is 93.9 cm³/mol. The first-order valence-electron chi connectivity index (χ1n) is 8.04. The minimum Gasteiger partial charge on any atom is -0.285 e. The standard InChI is InChI=1S/C20H27N/c1-7-21-18-12-16-10-8-9-11-17(16)19(14(4)5)20(18)15(6)13(2)3/h8-14H,7H2,1-6H3/b20-15-,21-18?. The molecule has 0 atom stereocenters. The summed E-state index contributed by atoms with van der Waals surface area (Å²) in [5.74, 6) is 1.03. The van der Waals surface area contributed by atoms with Crippen molar-refractivity contribution >= 4 is 17.4 Å². The van der Waals surface area contributed by atoms with Crippen molar-refractivity contribution in [2.45, 2.75) is 41.5 Å². The topological polar surface area (TPSA) is 12.4 Å². The van der Waals surface area contributed by atoms with Crippen LogP contribution in [0.2, 0.25) is 0 Å². The molecule has 1 aromatic rings. The van der Waals surface area contributed by atoms with Crippen LogP contribution >= 0.6 is 0 Å². The lowest BCUT2D eigenvalue weighted by Crippen LogP contribution is -2.35. The van der Waals surface area contributed by atoms with Gasteiger partial charge in [0.1, 0.15) is 0 Å². The van der Waals surface area contributed by atoms with Gasteiger partial charge in [-0.15, -0.1) is 0 Å². The third-order valence-electron chi connectivity index (χ3n) is 4.23. The van der Waals surface area contributed by atoms with Crippen molar-refractivity contribution in [2.75, 3.05) is 6.54 Å². The van der Waals surface area contributed by atoms with Crippen molar-refractivity contribution in [1.82, 2.24) is 0 Å². The summed E-state index contributed by atoms with van der Waals surface area (Å²) in [6.45, 7) is 14.3. The van der Waals surface area contributed by atoms with Crippen LogP contribution in [0.1, 0.15) is 41.5 Å². The van der Waals surface area contributed by atoms with Crippen molar-refractivity contribution < 1.29 is 0 Å². The molecule has 2 rings (SSSR count). The van der Waals surface area contributed by atoms with E-state index in [9.17, 15) is 0 Å². The van der Waals surface area contributed by atoms with Crippen LogP contribution in [0.4, 0.5) is 0 Å². The Hall–Kier alpha value is -1.63. The zero-order valence-corrected chi connectivity index (χ0v) is 14.2. The Balaban J connectivity index is 2.93. The highest BCUT2D eigenvalue weighted by Crippen LogP contribution is 2.29. The molecule has 0 saturated heterocycles. The van der Waals surface area contributed by atoms with E-state index in [1.165, 1.54) is 27.2 Å². The number of rotatable bonds is 3. The smallest absolute Gasteiger partial charge is 0.0655 e. The number of fused-ring (bicyclic) bond motifs is 1. The maximum Gasteiger partial charge on any atom is 0.0655 e. The van der Waals surface area contributed by atoms with Crippen LogP contribution in [0, 0.1) is 11.8 Å². The Morgan fingerprint density at radius 1 is 1.10 bits per heavy atom. The van der Waals surface area contributed by atoms with Crippen molar-refractivity contribution in [3.63, 3.8) is 0 Å². The molecule has 0 unspecified atom stereocenters. The molecule has 0 aliphatic heterocycles. The molecule has 1 nitrogen and oxygen atoms in total. The summed E-state index contributed by atoms with van der Waals surface area (Å²) in [6, 6.07) is 8.70. The quantitative estimate of drug-likeness (QED) is 0.800. The molecule has 0 heterocycles. The fourth-order valence-corrected chi connectivity index (χ4v) is 2.96. The van der Waals surface area contributed by atoms with Gasteiger partial charge in [0.05, 0.1) is 5.71 Å². The molecular weight excluding hydrogens is 254 g/mol. The van der Waals surface area contributed by atoms with E-state index < -0.39 is 0 Å². The van der Waals surface area contributed by atoms with E-state index in [2.05, 4.69) is 71.9 Å². The predicted octanol–water partition coefficient (Wildman–Crippen LogP) is 3.72. The van der Waals surface area contributed by atoms with Crippen LogP contribution in [0.15, 0.2) is 40.4 Å². The van der Waals surface area contributed by atoms with Gasteiger partial charge < -0.3 is 0 Å². The van der Waals surface area contributed by atoms with E-state index in [1.807, 2.05) is 0 Å². The maximum atomic E-state index is 4.78. The van der Waals surface area contributed by atoms with Crippen molar-refractivity contribution in [1.29, 1.82) is 0 Å². The average Bonchev–Trinajstić information content (AvgIpc) is 2.45. The molecule has 1 aliphatic carbocycles. The van der Waals surface area contributed by atoms with Gasteiger partial charge in [-0.3, -0.25) is 4.99 Å². The van der Waals surface area contributed by atoms with Gasteiger partial charge in [-0.2, -0.15) is 0 Å². The second-order valence-electron chi connectivity index (χ2n) is 6.37. The van der Waals surface area contributed by atoms with Gasteiger partial charge in [0.25, 0.3) is 0 Å². The summed E-state index contributed by atoms with van der Waals surface area (Å²) in [5.41, 5.74) is 5.43. The molecule has 0 saturated carbocycles. The molecule has 0 N–H and O–H groups in total. The van der Waals surface area contributed by atoms with Crippen LogP contribution in [0.5, 0.6) is 0 Å². The van der Waals surface area contributed by atoms with E-state index in [0.717, 1.165) is 12.3 Å². The maximum absolute atomic E-state index is 4.78. The normalized spacial score (nSPS) is 19.0. The number of allylic oxidation sites excluding steroid dienone is 2. The van der Waals surface area contributed by atoms with Gasteiger partial charge in [0.15, 0.2) is 0 Å². The summed E-state index contributed by atoms with van der Waals surface area (Å²) < 4.78 is 0. The lowest BCUT2D eigenvalue weighted by atomic mass is 9.81. The van der Waals surface area contributed by atoms with E-state index in [1.54, 1.807) is 0 Å². The zero-order valence-electron chi connectivity index (χ0n) is 14.2. The van der Waals surface area contributed by atoms with Gasteiger partial charge in [0, 0.05) is 12.1 Å². The third kappa shape index (κ3) is 3.02. The van der Waals surface area contributed by atoms with Gasteiger partial charge in [0.2, 0.25) is 0 Å². The zero-order chi connectivity index (χ0) is 15.6. The third-order valence-corrected chi connectivity index (χ3v) is 4.23. The average molecular weight is 281 g/mol. The van der Waals surface area contributed by atoms with Gasteiger partial charge in [-0.1, -0.05) is 57.5 Å². The lowest BCUT2D eigenvalue weighted by Gasteiger charge is -2.24. The molecule has 0 amide bonds. The molecule has 112 valence electrons. The lowest BCUT2D eigenvalue weighted by molar-refractivity contribution is 0.759. The van der Waals surface area contributed by atoms with Crippen LogP contribution in [-0.2, 0) is 0 Å². The Labute approximate surface area is 128 Å². The number of hydrogen-bond donors (Lipinski definition) is 0. The highest BCUT2D eigenvalue weighted by molar-refractivity contribution is 6.28. The van der Waals surface area contributed by atoms with Gasteiger partial charge in [-0.25, -0.2) is 0 Å². The Kier molecular flexibility index (Phi) is 4.82. The Morgan fingerprint density at radius 3 is 2.33 bits per heavy atom.